The molecule has 1 amide bonds. The number of nitrogens with two attached hydrogens (primary N) is 1. The Bertz CT molecular complexity index is 214. The average molecular weight is 223 g/mol. The molecule has 0 spiro atoms. The second-order valence-corrected chi connectivity index (χ2v) is 4.52. The van der Waals surface area contributed by atoms with Gasteiger partial charge in [0, 0.05) is 0 Å². The summed E-state index contributed by atoms with van der Waals surface area (Å²) >= 11 is 0. The third-order valence-corrected chi connectivity index (χ3v) is 1.64. The van der Waals surface area contributed by atoms with Gasteiger partial charge in [0.1, 0.15) is 0 Å². The average Bonchev–Trinajstić information content (AvgIpc) is 1.95. The molecule has 82 valence electrons. The van der Waals surface area contributed by atoms with E-state index in [-0.39, 0.29) is 5.54 Å². The van der Waals surface area contributed by atoms with Gasteiger partial charge in [0.25, 0.3) is 0 Å². The summed E-state index contributed by atoms with van der Waals surface area (Å²) in [5.74, 6) is 0. The number of hydrogen-bond acceptors (Lipinski definition) is 4. The van der Waals surface area contributed by atoms with Crippen molar-refractivity contribution in [2.45, 2.75) is 26.3 Å². The molecule has 14 heavy (non-hydrogen) atoms. The summed E-state index contributed by atoms with van der Waals surface area (Å²) in [6.07, 6.45) is -0.927. The lowest BCUT2D eigenvalue weighted by Gasteiger charge is -2.16. The molecule has 0 fully saturated rings. The zero-order valence-corrected chi connectivity index (χ0v) is 9.47. The molecular weight excluding hydrogens is 207 g/mol. The number of rotatable bonds is 4. The standard InChI is InChI=1S/C7H15N2O4P/c1-7(2,3)9-5-4-8-6(10)13-14(11)12/h9H,4-5H2,1-3H3,(H,8,10)/p+1. The molecule has 0 saturated heterocycles. The van der Waals surface area contributed by atoms with Gasteiger partial charge in [-0.05, 0) is 25.3 Å². The minimum absolute atomic E-state index is 0.0925. The van der Waals surface area contributed by atoms with Crippen molar-refractivity contribution in [3.8, 4) is 0 Å². The Balaban J connectivity index is 3.46. The van der Waals surface area contributed by atoms with Crippen molar-refractivity contribution in [1.82, 2.24) is 5.32 Å². The first-order valence-corrected chi connectivity index (χ1v) is 5.35. The molecule has 1 unspecified atom stereocenters. The van der Waals surface area contributed by atoms with E-state index >= 15 is 0 Å². The predicted molar refractivity (Wildman–Crippen MR) is 48.6 cm³/mol. The summed E-state index contributed by atoms with van der Waals surface area (Å²) in [7, 11) is -3.11. The quantitative estimate of drug-likeness (QED) is 0.476. The maximum atomic E-state index is 10.6. The normalized spacial score (nSPS) is 12.1. The molecule has 0 aliphatic heterocycles. The van der Waals surface area contributed by atoms with Crippen LogP contribution in [0.4, 0.5) is 4.79 Å². The van der Waals surface area contributed by atoms with Crippen molar-refractivity contribution in [3.63, 3.8) is 0 Å². The zero-order valence-electron chi connectivity index (χ0n) is 8.57. The van der Waals surface area contributed by atoms with Crippen molar-refractivity contribution in [3.05, 3.63) is 0 Å². The van der Waals surface area contributed by atoms with Gasteiger partial charge >= 0.3 is 14.3 Å². The SMILES string of the molecule is CC(C)(C)[NH2+]CCNC(=O)O[P+](=O)[O-]. The van der Waals surface area contributed by atoms with Gasteiger partial charge in [-0.3, -0.25) is 0 Å². The highest BCUT2D eigenvalue weighted by Crippen LogP contribution is 2.07. The van der Waals surface area contributed by atoms with Crippen LogP contribution in [-0.4, -0.2) is 24.7 Å². The molecule has 0 aromatic heterocycles. The van der Waals surface area contributed by atoms with Crippen LogP contribution in [0.5, 0.6) is 0 Å². The summed E-state index contributed by atoms with van der Waals surface area (Å²) in [6, 6.07) is 0. The number of carbonyl (C=O) groups excluding carboxylic acids is 1. The van der Waals surface area contributed by atoms with Gasteiger partial charge in [0.05, 0.1) is 18.6 Å². The maximum Gasteiger partial charge on any atom is 0.544 e. The summed E-state index contributed by atoms with van der Waals surface area (Å²) < 4.78 is 13.8. The van der Waals surface area contributed by atoms with E-state index in [0.29, 0.717) is 13.1 Å². The lowest BCUT2D eigenvalue weighted by atomic mass is 10.1. The monoisotopic (exact) mass is 223 g/mol. The molecule has 0 heterocycles. The molecule has 0 rings (SSSR count). The van der Waals surface area contributed by atoms with E-state index in [4.69, 9.17) is 0 Å². The van der Waals surface area contributed by atoms with Gasteiger partial charge in [0.2, 0.25) is 0 Å². The van der Waals surface area contributed by atoms with Crippen LogP contribution >= 0.6 is 8.25 Å². The largest absolute Gasteiger partial charge is 0.558 e. The lowest BCUT2D eigenvalue weighted by molar-refractivity contribution is -0.715. The van der Waals surface area contributed by atoms with E-state index in [2.05, 4.69) is 9.84 Å². The smallest absolute Gasteiger partial charge is 0.544 e. The van der Waals surface area contributed by atoms with Crippen LogP contribution in [0.25, 0.3) is 0 Å². The summed E-state index contributed by atoms with van der Waals surface area (Å²) in [5, 5.41) is 4.34. The molecule has 1 atom stereocenters. The minimum Gasteiger partial charge on any atom is -0.558 e. The van der Waals surface area contributed by atoms with Crippen LogP contribution in [0, 0.1) is 0 Å². The Hall–Kier alpha value is -0.710. The number of quaternary nitrogens is 1. The Labute approximate surface area is 84.0 Å². The lowest BCUT2D eigenvalue weighted by Crippen LogP contribution is -2.95. The number of nitrogens with one attached hydrogen (secondary N) is 1. The van der Waals surface area contributed by atoms with Crippen LogP contribution in [0.1, 0.15) is 20.8 Å². The van der Waals surface area contributed by atoms with Crippen molar-refractivity contribution >= 4 is 14.3 Å². The van der Waals surface area contributed by atoms with Gasteiger partial charge in [0.15, 0.2) is 0 Å². The molecule has 0 bridgehead atoms. The molecule has 0 saturated carbocycles. The second-order valence-electron chi connectivity index (χ2n) is 3.89. The van der Waals surface area contributed by atoms with Gasteiger partial charge < -0.3 is 15.5 Å². The fraction of sp³-hybridized carbons (Fsp3) is 0.857. The van der Waals surface area contributed by atoms with Crippen LogP contribution in [0.15, 0.2) is 0 Å². The Kier molecular flexibility index (Phi) is 5.60. The highest BCUT2D eigenvalue weighted by Gasteiger charge is 2.14. The Morgan fingerprint density at radius 1 is 1.57 bits per heavy atom. The van der Waals surface area contributed by atoms with Crippen LogP contribution in [-0.2, 0) is 9.09 Å². The molecule has 0 aromatic carbocycles. The molecule has 6 nitrogen and oxygen atoms in total. The van der Waals surface area contributed by atoms with Crippen molar-refractivity contribution in [2.75, 3.05) is 13.1 Å². The van der Waals surface area contributed by atoms with E-state index in [1.165, 1.54) is 0 Å². The summed E-state index contributed by atoms with van der Waals surface area (Å²) in [6.45, 7) is 7.17. The van der Waals surface area contributed by atoms with Gasteiger partial charge in [-0.15, -0.1) is 0 Å². The van der Waals surface area contributed by atoms with E-state index in [1.807, 2.05) is 26.1 Å². The Morgan fingerprint density at radius 2 is 2.14 bits per heavy atom. The van der Waals surface area contributed by atoms with Gasteiger partial charge in [-0.25, -0.2) is 4.79 Å². The highest BCUT2D eigenvalue weighted by molar-refractivity contribution is 7.31. The number of amides is 1. The van der Waals surface area contributed by atoms with Gasteiger partial charge in [-0.2, -0.15) is 4.52 Å². The van der Waals surface area contributed by atoms with Crippen LogP contribution in [0.2, 0.25) is 0 Å². The first kappa shape index (κ1) is 13.3. The number of hydrogen-bond donors (Lipinski definition) is 2. The topological polar surface area (TPSA) is 95.1 Å². The number of carbonyl (C=O) groups is 1. The van der Waals surface area contributed by atoms with Crippen molar-refractivity contribution < 1.29 is 24.1 Å². The summed E-state index contributed by atoms with van der Waals surface area (Å²) in [4.78, 5) is 20.6. The van der Waals surface area contributed by atoms with Crippen molar-refractivity contribution in [1.29, 1.82) is 0 Å². The Morgan fingerprint density at radius 3 is 2.57 bits per heavy atom. The molecular formula is C7H16N2O4P+. The van der Waals surface area contributed by atoms with Crippen molar-refractivity contribution in [2.24, 2.45) is 0 Å². The molecule has 0 aliphatic carbocycles. The third-order valence-electron chi connectivity index (χ3n) is 1.33. The van der Waals surface area contributed by atoms with E-state index in [9.17, 15) is 14.3 Å². The third kappa shape index (κ3) is 9.38. The minimum atomic E-state index is -3.11. The van der Waals surface area contributed by atoms with Crippen LogP contribution in [0.3, 0.4) is 0 Å². The first-order valence-electron chi connectivity index (χ1n) is 4.26. The molecule has 0 radical (unpaired) electrons. The molecule has 3 N–H and O–H groups in total. The molecule has 7 heteroatoms. The molecule has 0 aliphatic rings. The second kappa shape index (κ2) is 5.90. The van der Waals surface area contributed by atoms with E-state index in [1.54, 1.807) is 0 Å². The molecule has 0 aromatic rings. The zero-order chi connectivity index (χ0) is 11.2. The predicted octanol–water partition coefficient (Wildman–Crippen LogP) is -0.908. The van der Waals surface area contributed by atoms with Crippen LogP contribution < -0.4 is 15.5 Å². The van der Waals surface area contributed by atoms with Gasteiger partial charge in [-0.1, -0.05) is 0 Å². The highest BCUT2D eigenvalue weighted by atomic mass is 31.1. The summed E-state index contributed by atoms with van der Waals surface area (Å²) in [5.41, 5.74) is 0.0925. The first-order chi connectivity index (χ1) is 6.31. The van der Waals surface area contributed by atoms with E-state index < -0.39 is 14.3 Å². The fourth-order valence-electron chi connectivity index (χ4n) is 0.779. The van der Waals surface area contributed by atoms with E-state index in [0.717, 1.165) is 0 Å². The fourth-order valence-corrected chi connectivity index (χ4v) is 0.979. The maximum absolute atomic E-state index is 10.6.